The molecule has 0 radical (unpaired) electrons. The van der Waals surface area contributed by atoms with Gasteiger partial charge in [-0.15, -0.1) is 0 Å². The van der Waals surface area contributed by atoms with Crippen molar-refractivity contribution in [2.75, 3.05) is 6.54 Å². The van der Waals surface area contributed by atoms with E-state index in [-0.39, 0.29) is 12.1 Å². The number of fused-ring (bicyclic) bond motifs is 2. The maximum Gasteiger partial charge on any atom is 0.256 e. The number of amides is 1. The summed E-state index contributed by atoms with van der Waals surface area (Å²) in [4.78, 5) is 16.6. The van der Waals surface area contributed by atoms with Gasteiger partial charge in [0.2, 0.25) is 0 Å². The number of carbonyl (C=O) groups excluding carboxylic acids is 1. The van der Waals surface area contributed by atoms with Crippen molar-refractivity contribution in [3.05, 3.63) is 95.6 Å². The lowest BCUT2D eigenvalue weighted by Crippen LogP contribution is -2.34. The second-order valence-corrected chi connectivity index (χ2v) is 6.70. The van der Waals surface area contributed by atoms with E-state index in [9.17, 15) is 4.79 Å². The van der Waals surface area contributed by atoms with E-state index in [2.05, 4.69) is 22.3 Å². The van der Waals surface area contributed by atoms with E-state index in [0.717, 1.165) is 28.6 Å². The number of hydrogen-bond donors (Lipinski definition) is 0. The Morgan fingerprint density at radius 2 is 1.41 bits per heavy atom. The highest BCUT2D eigenvalue weighted by Crippen LogP contribution is 2.34. The summed E-state index contributed by atoms with van der Waals surface area (Å²) in [5.41, 5.74) is 4.56. The highest BCUT2D eigenvalue weighted by Gasteiger charge is 2.38. The molecule has 0 spiro atoms. The van der Waals surface area contributed by atoms with Crippen LogP contribution >= 0.6 is 0 Å². The first kappa shape index (κ1) is 15.8. The summed E-state index contributed by atoms with van der Waals surface area (Å²) in [5.74, 6) is 0.0351. The Morgan fingerprint density at radius 1 is 0.778 bits per heavy atom. The predicted octanol–water partition coefficient (Wildman–Crippen LogP) is 3.68. The van der Waals surface area contributed by atoms with Crippen LogP contribution in [0.15, 0.2) is 78.9 Å². The predicted molar refractivity (Wildman–Crippen MR) is 103 cm³/mol. The number of hydrogen-bond acceptors (Lipinski definition) is 3. The molecule has 3 aromatic carbocycles. The zero-order chi connectivity index (χ0) is 18.2. The van der Waals surface area contributed by atoms with Crippen LogP contribution in [0.3, 0.4) is 0 Å². The lowest BCUT2D eigenvalue weighted by Gasteiger charge is -2.24. The highest BCUT2D eigenvalue weighted by molar-refractivity contribution is 5.99. The molecule has 132 valence electrons. The number of rotatable bonds is 4. The van der Waals surface area contributed by atoms with Crippen molar-refractivity contribution in [1.29, 1.82) is 0 Å². The maximum absolute atomic E-state index is 13.1. The average molecular weight is 354 g/mol. The summed E-state index contributed by atoms with van der Waals surface area (Å²) in [7, 11) is 0. The van der Waals surface area contributed by atoms with Crippen molar-refractivity contribution >= 4 is 16.9 Å². The molecule has 5 nitrogen and oxygen atoms in total. The standard InChI is InChI=1S/C22H18N4O/c27-22-18-11-5-4-10-17(18)21(25(22)15-14-16-8-2-1-3-9-16)26-23-19-12-6-7-13-20(19)24-26/h1-13,21H,14-15H2. The van der Waals surface area contributed by atoms with Gasteiger partial charge in [0, 0.05) is 17.7 Å². The van der Waals surface area contributed by atoms with Crippen molar-refractivity contribution < 1.29 is 4.79 Å². The van der Waals surface area contributed by atoms with Crippen molar-refractivity contribution in [2.45, 2.75) is 12.6 Å². The molecule has 4 aromatic rings. The Hall–Kier alpha value is -3.47. The Bertz CT molecular complexity index is 1090. The molecule has 0 saturated heterocycles. The van der Waals surface area contributed by atoms with Crippen LogP contribution < -0.4 is 0 Å². The van der Waals surface area contributed by atoms with Crippen LogP contribution in [0.25, 0.3) is 11.0 Å². The van der Waals surface area contributed by atoms with Crippen molar-refractivity contribution in [3.8, 4) is 0 Å². The van der Waals surface area contributed by atoms with Gasteiger partial charge in [-0.1, -0.05) is 60.7 Å². The van der Waals surface area contributed by atoms with Gasteiger partial charge in [-0.25, -0.2) is 0 Å². The SMILES string of the molecule is O=C1c2ccccc2C(n2nc3ccccc3n2)N1CCc1ccccc1. The maximum atomic E-state index is 13.1. The normalized spacial score (nSPS) is 16.1. The molecule has 0 bridgehead atoms. The van der Waals surface area contributed by atoms with Crippen LogP contribution in [0, 0.1) is 0 Å². The van der Waals surface area contributed by atoms with Gasteiger partial charge in [0.05, 0.1) is 0 Å². The van der Waals surface area contributed by atoms with Gasteiger partial charge in [-0.2, -0.15) is 15.0 Å². The second kappa shape index (κ2) is 6.36. The molecule has 1 amide bonds. The van der Waals surface area contributed by atoms with Crippen molar-refractivity contribution in [3.63, 3.8) is 0 Å². The number of benzene rings is 3. The quantitative estimate of drug-likeness (QED) is 0.562. The summed E-state index contributed by atoms with van der Waals surface area (Å²) in [5, 5.41) is 9.29. The van der Waals surface area contributed by atoms with Gasteiger partial charge in [0.15, 0.2) is 6.17 Å². The molecule has 1 aliphatic heterocycles. The molecular formula is C22H18N4O. The molecule has 1 aliphatic rings. The van der Waals surface area contributed by atoms with Gasteiger partial charge in [-0.05, 0) is 30.2 Å². The van der Waals surface area contributed by atoms with Gasteiger partial charge in [0.25, 0.3) is 5.91 Å². The van der Waals surface area contributed by atoms with E-state index < -0.39 is 0 Å². The first-order valence-electron chi connectivity index (χ1n) is 9.07. The molecule has 27 heavy (non-hydrogen) atoms. The summed E-state index contributed by atoms with van der Waals surface area (Å²) >= 11 is 0. The smallest absolute Gasteiger partial charge is 0.256 e. The van der Waals surface area contributed by atoms with E-state index in [4.69, 9.17) is 0 Å². The molecular weight excluding hydrogens is 336 g/mol. The van der Waals surface area contributed by atoms with Gasteiger partial charge < -0.3 is 4.90 Å². The Kier molecular flexibility index (Phi) is 3.71. The van der Waals surface area contributed by atoms with Crippen molar-refractivity contribution in [2.24, 2.45) is 0 Å². The summed E-state index contributed by atoms with van der Waals surface area (Å²) in [6.07, 6.45) is 0.475. The molecule has 0 fully saturated rings. The number of nitrogens with zero attached hydrogens (tertiary/aromatic N) is 4. The summed E-state index contributed by atoms with van der Waals surface area (Å²) in [6.45, 7) is 0.611. The second-order valence-electron chi connectivity index (χ2n) is 6.70. The third kappa shape index (κ3) is 2.68. The van der Waals surface area contributed by atoms with E-state index in [0.29, 0.717) is 6.54 Å². The van der Waals surface area contributed by atoms with E-state index in [1.54, 1.807) is 4.80 Å². The summed E-state index contributed by atoms with van der Waals surface area (Å²) < 4.78 is 0. The lowest BCUT2D eigenvalue weighted by atomic mass is 10.1. The van der Waals surface area contributed by atoms with E-state index in [1.165, 1.54) is 5.56 Å². The van der Waals surface area contributed by atoms with Crippen LogP contribution in [-0.4, -0.2) is 32.3 Å². The van der Waals surface area contributed by atoms with Crippen LogP contribution in [0.5, 0.6) is 0 Å². The third-order valence-electron chi connectivity index (χ3n) is 5.03. The monoisotopic (exact) mass is 354 g/mol. The van der Waals surface area contributed by atoms with Crippen LogP contribution in [0.1, 0.15) is 27.7 Å². The van der Waals surface area contributed by atoms with Crippen LogP contribution in [0.4, 0.5) is 0 Å². The minimum absolute atomic E-state index is 0.0351. The zero-order valence-corrected chi connectivity index (χ0v) is 14.7. The first-order valence-corrected chi connectivity index (χ1v) is 9.07. The van der Waals surface area contributed by atoms with Gasteiger partial charge >= 0.3 is 0 Å². The van der Waals surface area contributed by atoms with E-state index in [1.807, 2.05) is 71.6 Å². The minimum atomic E-state index is -0.315. The van der Waals surface area contributed by atoms with Gasteiger partial charge in [-0.3, -0.25) is 4.79 Å². The molecule has 1 atom stereocenters. The molecule has 0 N–H and O–H groups in total. The van der Waals surface area contributed by atoms with Crippen molar-refractivity contribution in [1.82, 2.24) is 19.9 Å². The molecule has 0 saturated carbocycles. The molecule has 5 heteroatoms. The molecule has 1 aromatic heterocycles. The minimum Gasteiger partial charge on any atom is -0.311 e. The zero-order valence-electron chi connectivity index (χ0n) is 14.7. The first-order chi connectivity index (χ1) is 13.3. The van der Waals surface area contributed by atoms with Gasteiger partial charge in [0.1, 0.15) is 11.0 Å². The molecule has 0 aliphatic carbocycles. The van der Waals surface area contributed by atoms with E-state index >= 15 is 0 Å². The largest absolute Gasteiger partial charge is 0.311 e. The fourth-order valence-electron chi connectivity index (χ4n) is 3.70. The number of carbonyl (C=O) groups is 1. The highest BCUT2D eigenvalue weighted by atomic mass is 16.2. The Balaban J connectivity index is 1.55. The number of aromatic nitrogens is 3. The lowest BCUT2D eigenvalue weighted by molar-refractivity contribution is 0.0676. The third-order valence-corrected chi connectivity index (χ3v) is 5.03. The fraction of sp³-hybridized carbons (Fsp3) is 0.136. The molecule has 5 rings (SSSR count). The Morgan fingerprint density at radius 3 is 2.15 bits per heavy atom. The van der Waals surface area contributed by atoms with Crippen LogP contribution in [0.2, 0.25) is 0 Å². The fourth-order valence-corrected chi connectivity index (χ4v) is 3.70. The van der Waals surface area contributed by atoms with Crippen LogP contribution in [-0.2, 0) is 6.42 Å². The Labute approximate surface area is 156 Å². The average Bonchev–Trinajstić information content (AvgIpc) is 3.26. The molecule has 1 unspecified atom stereocenters. The topological polar surface area (TPSA) is 51.0 Å². The summed E-state index contributed by atoms with van der Waals surface area (Å²) in [6, 6.07) is 25.7. The molecule has 2 heterocycles.